The quantitative estimate of drug-likeness (QED) is 0.575. The Morgan fingerprint density at radius 1 is 0.750 bits per heavy atom. The van der Waals surface area contributed by atoms with Gasteiger partial charge in [0, 0.05) is 6.07 Å². The molecule has 3 aromatic rings. The number of carbonyl (C=O) groups excluding carboxylic acids is 2. The van der Waals surface area contributed by atoms with Crippen LogP contribution in [-0.2, 0) is 14.4 Å². The molecular formula is C25H22N2O5. The summed E-state index contributed by atoms with van der Waals surface area (Å²) in [4.78, 5) is 34.4. The molecule has 2 fully saturated rings. The predicted octanol–water partition coefficient (Wildman–Crippen LogP) is 3.75. The van der Waals surface area contributed by atoms with E-state index < -0.39 is 18.1 Å². The second kappa shape index (κ2) is 8.01. The van der Waals surface area contributed by atoms with Crippen LogP contribution >= 0.6 is 0 Å². The number of hydrogen-bond donors (Lipinski definition) is 0. The number of rotatable bonds is 5. The van der Waals surface area contributed by atoms with Gasteiger partial charge in [-0.2, -0.15) is 0 Å². The van der Waals surface area contributed by atoms with Crippen LogP contribution in [0.5, 0.6) is 11.5 Å². The molecule has 0 aliphatic carbocycles. The standard InChI is InChI=1S/C25H22N2O5/c1-30-19-12-6-8-16(14-19)22-21-23(32-27(22)17-9-4-3-5-10-17)25(29)26(24(21)28)18-11-7-13-20(15-18)31-2/h3-15,21-23H,1-2H3/t21-,22+,23+/m1/s1. The van der Waals surface area contributed by atoms with Gasteiger partial charge < -0.3 is 9.47 Å². The van der Waals surface area contributed by atoms with Gasteiger partial charge in [-0.05, 0) is 42.0 Å². The van der Waals surface area contributed by atoms with Gasteiger partial charge in [0.15, 0.2) is 6.10 Å². The van der Waals surface area contributed by atoms with Crippen LogP contribution in [-0.4, -0.2) is 32.1 Å². The molecule has 32 heavy (non-hydrogen) atoms. The first kappa shape index (κ1) is 20.1. The van der Waals surface area contributed by atoms with Gasteiger partial charge in [-0.15, -0.1) is 0 Å². The highest BCUT2D eigenvalue weighted by atomic mass is 16.7. The molecule has 2 saturated heterocycles. The average molecular weight is 430 g/mol. The first-order valence-corrected chi connectivity index (χ1v) is 10.3. The molecule has 0 spiro atoms. The van der Waals surface area contributed by atoms with Gasteiger partial charge in [0.05, 0.1) is 31.6 Å². The molecule has 2 heterocycles. The monoisotopic (exact) mass is 430 g/mol. The van der Waals surface area contributed by atoms with Crippen molar-refractivity contribution < 1.29 is 23.9 Å². The molecule has 162 valence electrons. The smallest absolute Gasteiger partial charge is 0.266 e. The summed E-state index contributed by atoms with van der Waals surface area (Å²) in [5, 5.41) is 1.67. The third-order valence-corrected chi connectivity index (χ3v) is 5.87. The number of benzene rings is 3. The van der Waals surface area contributed by atoms with E-state index in [4.69, 9.17) is 14.3 Å². The molecule has 3 atom stereocenters. The minimum atomic E-state index is -0.926. The fraction of sp³-hybridized carbons (Fsp3) is 0.200. The number of methoxy groups -OCH3 is 2. The van der Waals surface area contributed by atoms with Crippen LogP contribution in [0.4, 0.5) is 11.4 Å². The van der Waals surface area contributed by atoms with Crippen molar-refractivity contribution in [2.75, 3.05) is 24.2 Å². The van der Waals surface area contributed by atoms with E-state index in [1.807, 2.05) is 54.6 Å². The summed E-state index contributed by atoms with van der Waals surface area (Å²) in [5.41, 5.74) is 2.06. The van der Waals surface area contributed by atoms with Crippen LogP contribution in [0.3, 0.4) is 0 Å². The molecular weight excluding hydrogens is 408 g/mol. The van der Waals surface area contributed by atoms with Gasteiger partial charge in [0.2, 0.25) is 5.91 Å². The number of ether oxygens (including phenoxy) is 2. The molecule has 2 amide bonds. The van der Waals surface area contributed by atoms with Crippen LogP contribution in [0.2, 0.25) is 0 Å². The predicted molar refractivity (Wildman–Crippen MR) is 119 cm³/mol. The molecule has 0 unspecified atom stereocenters. The van der Waals surface area contributed by atoms with E-state index in [-0.39, 0.29) is 11.8 Å². The first-order valence-electron chi connectivity index (χ1n) is 10.3. The van der Waals surface area contributed by atoms with Gasteiger partial charge in [-0.25, -0.2) is 9.96 Å². The van der Waals surface area contributed by atoms with Gasteiger partial charge >= 0.3 is 0 Å². The molecule has 5 rings (SSSR count). The van der Waals surface area contributed by atoms with Gasteiger partial charge in [0.1, 0.15) is 17.4 Å². The molecule has 0 saturated carbocycles. The summed E-state index contributed by atoms with van der Waals surface area (Å²) in [5.74, 6) is -0.170. The minimum Gasteiger partial charge on any atom is -0.497 e. The van der Waals surface area contributed by atoms with E-state index in [9.17, 15) is 9.59 Å². The van der Waals surface area contributed by atoms with Gasteiger partial charge in [0.25, 0.3) is 5.91 Å². The summed E-state index contributed by atoms with van der Waals surface area (Å²) >= 11 is 0. The highest BCUT2D eigenvalue weighted by Gasteiger charge is 2.60. The molecule has 3 aromatic carbocycles. The number of imide groups is 1. The molecule has 2 aliphatic rings. The maximum atomic E-state index is 13.6. The number of hydrogen-bond acceptors (Lipinski definition) is 6. The Labute approximate surface area is 185 Å². The van der Waals surface area contributed by atoms with Crippen molar-refractivity contribution in [1.29, 1.82) is 0 Å². The Hall–Kier alpha value is -3.84. The molecule has 0 aromatic heterocycles. The van der Waals surface area contributed by atoms with Crippen LogP contribution in [0.1, 0.15) is 11.6 Å². The SMILES string of the molecule is COc1cccc([C@H]2[C@H]3C(=O)N(c4cccc(OC)c4)C(=O)[C@H]3ON2c2ccccc2)c1. The van der Waals surface area contributed by atoms with Crippen LogP contribution in [0.25, 0.3) is 0 Å². The van der Waals surface area contributed by atoms with Gasteiger partial charge in [-0.3, -0.25) is 14.4 Å². The number of fused-ring (bicyclic) bond motifs is 1. The maximum absolute atomic E-state index is 13.6. The number of amides is 2. The normalized spacial score (nSPS) is 22.2. The Morgan fingerprint density at radius 3 is 2.12 bits per heavy atom. The lowest BCUT2D eigenvalue weighted by atomic mass is 9.90. The summed E-state index contributed by atoms with van der Waals surface area (Å²) in [6.45, 7) is 0. The Bertz CT molecular complexity index is 1170. The molecule has 2 aliphatic heterocycles. The fourth-order valence-electron chi connectivity index (χ4n) is 4.38. The molecule has 0 radical (unpaired) electrons. The van der Waals surface area contributed by atoms with E-state index >= 15 is 0 Å². The van der Waals surface area contributed by atoms with Crippen LogP contribution < -0.4 is 19.4 Å². The highest BCUT2D eigenvalue weighted by Crippen LogP contribution is 2.48. The molecule has 7 heteroatoms. The van der Waals surface area contributed by atoms with Crippen molar-refractivity contribution in [1.82, 2.24) is 0 Å². The van der Waals surface area contributed by atoms with Crippen molar-refractivity contribution in [2.24, 2.45) is 5.92 Å². The van der Waals surface area contributed by atoms with E-state index in [2.05, 4.69) is 0 Å². The zero-order chi connectivity index (χ0) is 22.2. The molecule has 0 bridgehead atoms. The van der Waals surface area contributed by atoms with E-state index in [0.29, 0.717) is 17.2 Å². The number of anilines is 2. The summed E-state index contributed by atoms with van der Waals surface area (Å²) in [6.07, 6.45) is -0.926. The number of carbonyl (C=O) groups is 2. The van der Waals surface area contributed by atoms with Crippen molar-refractivity contribution in [3.8, 4) is 11.5 Å². The Balaban J connectivity index is 1.59. The van der Waals surface area contributed by atoms with E-state index in [1.54, 1.807) is 43.5 Å². The first-order chi connectivity index (χ1) is 15.6. The lowest BCUT2D eigenvalue weighted by Crippen LogP contribution is -2.37. The number of hydroxylamine groups is 1. The van der Waals surface area contributed by atoms with Crippen LogP contribution in [0, 0.1) is 5.92 Å². The van der Waals surface area contributed by atoms with Crippen molar-refractivity contribution in [2.45, 2.75) is 12.1 Å². The zero-order valence-electron chi connectivity index (χ0n) is 17.7. The summed E-state index contributed by atoms with van der Waals surface area (Å²) in [7, 11) is 3.14. The second-order valence-electron chi connectivity index (χ2n) is 7.65. The van der Waals surface area contributed by atoms with Gasteiger partial charge in [-0.1, -0.05) is 36.4 Å². The molecule has 7 nitrogen and oxygen atoms in total. The number of nitrogens with zero attached hydrogens (tertiary/aromatic N) is 2. The summed E-state index contributed by atoms with van der Waals surface area (Å²) < 4.78 is 10.7. The minimum absolute atomic E-state index is 0.306. The maximum Gasteiger partial charge on any atom is 0.266 e. The van der Waals surface area contributed by atoms with Crippen molar-refractivity contribution >= 4 is 23.2 Å². The van der Waals surface area contributed by atoms with Crippen molar-refractivity contribution in [3.05, 3.63) is 84.4 Å². The third-order valence-electron chi connectivity index (χ3n) is 5.87. The number of para-hydroxylation sites is 1. The Morgan fingerprint density at radius 2 is 1.41 bits per heavy atom. The summed E-state index contributed by atoms with van der Waals surface area (Å²) in [6, 6.07) is 23.4. The van der Waals surface area contributed by atoms with E-state index in [1.165, 1.54) is 4.90 Å². The topological polar surface area (TPSA) is 68.3 Å². The van der Waals surface area contributed by atoms with E-state index in [0.717, 1.165) is 11.3 Å². The third kappa shape index (κ3) is 3.18. The van der Waals surface area contributed by atoms with Crippen molar-refractivity contribution in [3.63, 3.8) is 0 Å². The largest absolute Gasteiger partial charge is 0.497 e. The molecule has 0 N–H and O–H groups in total. The lowest BCUT2D eigenvalue weighted by Gasteiger charge is -2.29. The zero-order valence-corrected chi connectivity index (χ0v) is 17.7. The Kier molecular flexibility index (Phi) is 5.03. The fourth-order valence-corrected chi connectivity index (χ4v) is 4.38. The average Bonchev–Trinajstić information content (AvgIpc) is 3.35. The lowest BCUT2D eigenvalue weighted by molar-refractivity contribution is -0.126. The van der Waals surface area contributed by atoms with Crippen LogP contribution in [0.15, 0.2) is 78.9 Å². The second-order valence-corrected chi connectivity index (χ2v) is 7.65. The highest BCUT2D eigenvalue weighted by molar-refractivity contribution is 6.24.